The number of aliphatic carboxylic acids is 1. The number of carboxylic acids is 1. The number of halogens is 1. The molecule has 1 aromatic carbocycles. The zero-order chi connectivity index (χ0) is 13.1. The Kier molecular flexibility index (Phi) is 4.37. The fourth-order valence-corrected chi connectivity index (χ4v) is 2.64. The van der Waals surface area contributed by atoms with Crippen LogP contribution in [0.3, 0.4) is 0 Å². The van der Waals surface area contributed by atoms with Gasteiger partial charge in [0.05, 0.1) is 12.7 Å². The molecule has 4 nitrogen and oxygen atoms in total. The summed E-state index contributed by atoms with van der Waals surface area (Å²) >= 11 is 3.50. The Balaban J connectivity index is 2.12. The maximum Gasteiger partial charge on any atom is 0.320 e. The Hall–Kier alpha value is -0.910. The normalized spacial score (nSPS) is 22.7. The van der Waals surface area contributed by atoms with Crippen LogP contribution in [0.5, 0.6) is 0 Å². The Morgan fingerprint density at radius 2 is 2.28 bits per heavy atom. The molecule has 18 heavy (non-hydrogen) atoms. The van der Waals surface area contributed by atoms with Crippen LogP contribution in [-0.4, -0.2) is 41.7 Å². The number of nitrogens with zero attached hydrogens (tertiary/aromatic N) is 1. The first-order chi connectivity index (χ1) is 8.59. The molecule has 0 spiro atoms. The van der Waals surface area contributed by atoms with Crippen LogP contribution in [0, 0.1) is 0 Å². The standard InChI is InChI=1S/C13H16BrNO3/c1-9(13(16)17)15-6-7-18-12(8-15)10-4-2-3-5-11(10)14/h2-5,9,12H,6-8H2,1H3,(H,16,17)/t9-,12+/m0/s1. The summed E-state index contributed by atoms with van der Waals surface area (Å²) in [5.74, 6) is -0.789. The maximum atomic E-state index is 11.0. The molecule has 0 amide bonds. The van der Waals surface area contributed by atoms with E-state index in [0.717, 1.165) is 10.0 Å². The molecule has 1 fully saturated rings. The number of hydrogen-bond acceptors (Lipinski definition) is 3. The predicted octanol–water partition coefficient (Wildman–Crippen LogP) is 2.30. The maximum absolute atomic E-state index is 11.0. The van der Waals surface area contributed by atoms with Gasteiger partial charge in [0, 0.05) is 17.6 Å². The second kappa shape index (κ2) is 5.82. The summed E-state index contributed by atoms with van der Waals surface area (Å²) in [5.41, 5.74) is 1.07. The van der Waals surface area contributed by atoms with Gasteiger partial charge in [0.25, 0.3) is 0 Å². The van der Waals surface area contributed by atoms with Crippen LogP contribution >= 0.6 is 15.9 Å². The van der Waals surface area contributed by atoms with E-state index in [0.29, 0.717) is 19.7 Å². The highest BCUT2D eigenvalue weighted by Gasteiger charge is 2.29. The van der Waals surface area contributed by atoms with E-state index in [2.05, 4.69) is 15.9 Å². The van der Waals surface area contributed by atoms with Gasteiger partial charge in [-0.3, -0.25) is 9.69 Å². The van der Waals surface area contributed by atoms with Crippen molar-refractivity contribution in [1.82, 2.24) is 4.90 Å². The van der Waals surface area contributed by atoms with E-state index in [1.165, 1.54) is 0 Å². The van der Waals surface area contributed by atoms with Crippen molar-refractivity contribution in [3.8, 4) is 0 Å². The second-order valence-electron chi connectivity index (χ2n) is 4.39. The molecule has 1 aromatic rings. The minimum atomic E-state index is -0.789. The predicted molar refractivity (Wildman–Crippen MR) is 71.5 cm³/mol. The highest BCUT2D eigenvalue weighted by atomic mass is 79.9. The first kappa shape index (κ1) is 13.5. The number of benzene rings is 1. The van der Waals surface area contributed by atoms with Crippen molar-refractivity contribution in [3.63, 3.8) is 0 Å². The molecule has 1 heterocycles. The molecule has 0 radical (unpaired) electrons. The highest BCUT2D eigenvalue weighted by molar-refractivity contribution is 9.10. The Morgan fingerprint density at radius 3 is 2.94 bits per heavy atom. The number of morpholine rings is 1. The van der Waals surface area contributed by atoms with Crippen molar-refractivity contribution < 1.29 is 14.6 Å². The summed E-state index contributed by atoms with van der Waals surface area (Å²) in [5, 5.41) is 9.05. The number of rotatable bonds is 3. The zero-order valence-corrected chi connectivity index (χ0v) is 11.8. The lowest BCUT2D eigenvalue weighted by Gasteiger charge is -2.35. The van der Waals surface area contributed by atoms with E-state index in [-0.39, 0.29) is 6.10 Å². The highest BCUT2D eigenvalue weighted by Crippen LogP contribution is 2.29. The lowest BCUT2D eigenvalue weighted by atomic mass is 10.1. The molecule has 2 atom stereocenters. The molecule has 5 heteroatoms. The van der Waals surface area contributed by atoms with E-state index in [1.54, 1.807) is 6.92 Å². The molecule has 0 aromatic heterocycles. The van der Waals surface area contributed by atoms with E-state index in [1.807, 2.05) is 29.2 Å². The quantitative estimate of drug-likeness (QED) is 0.930. The second-order valence-corrected chi connectivity index (χ2v) is 5.24. The van der Waals surface area contributed by atoms with Crippen LogP contribution in [0.2, 0.25) is 0 Å². The molecular formula is C13H16BrNO3. The summed E-state index contributed by atoms with van der Waals surface area (Å²) < 4.78 is 6.74. The summed E-state index contributed by atoms with van der Waals surface area (Å²) in [6.07, 6.45) is -0.0730. The van der Waals surface area contributed by atoms with Gasteiger partial charge in [-0.05, 0) is 18.6 Å². The average molecular weight is 314 g/mol. The smallest absolute Gasteiger partial charge is 0.320 e. The molecule has 0 saturated carbocycles. The van der Waals surface area contributed by atoms with E-state index < -0.39 is 12.0 Å². The first-order valence-electron chi connectivity index (χ1n) is 5.92. The van der Waals surface area contributed by atoms with Gasteiger partial charge in [-0.25, -0.2) is 0 Å². The number of ether oxygens (including phenoxy) is 1. The Morgan fingerprint density at radius 1 is 1.56 bits per heavy atom. The van der Waals surface area contributed by atoms with Gasteiger partial charge in [0.2, 0.25) is 0 Å². The molecule has 1 aliphatic rings. The molecular weight excluding hydrogens is 298 g/mol. The van der Waals surface area contributed by atoms with Crippen molar-refractivity contribution in [3.05, 3.63) is 34.3 Å². The third-order valence-electron chi connectivity index (χ3n) is 3.26. The van der Waals surface area contributed by atoms with Gasteiger partial charge in [-0.2, -0.15) is 0 Å². The van der Waals surface area contributed by atoms with Crippen molar-refractivity contribution in [1.29, 1.82) is 0 Å². The van der Waals surface area contributed by atoms with Gasteiger partial charge in [0.1, 0.15) is 6.04 Å². The van der Waals surface area contributed by atoms with Crippen LogP contribution in [0.4, 0.5) is 0 Å². The lowest BCUT2D eigenvalue weighted by molar-refractivity contribution is -0.145. The lowest BCUT2D eigenvalue weighted by Crippen LogP contribution is -2.46. The molecule has 0 aliphatic carbocycles. The minimum absolute atomic E-state index is 0.0730. The minimum Gasteiger partial charge on any atom is -0.480 e. The van der Waals surface area contributed by atoms with Gasteiger partial charge in [-0.15, -0.1) is 0 Å². The van der Waals surface area contributed by atoms with Crippen molar-refractivity contribution >= 4 is 21.9 Å². The van der Waals surface area contributed by atoms with Gasteiger partial charge >= 0.3 is 5.97 Å². The number of carbonyl (C=O) groups is 1. The van der Waals surface area contributed by atoms with Crippen LogP contribution in [0.15, 0.2) is 28.7 Å². The summed E-state index contributed by atoms with van der Waals surface area (Å²) in [7, 11) is 0. The molecule has 1 aliphatic heterocycles. The van der Waals surface area contributed by atoms with Crippen molar-refractivity contribution in [2.45, 2.75) is 19.1 Å². The fraction of sp³-hybridized carbons (Fsp3) is 0.462. The van der Waals surface area contributed by atoms with Crippen LogP contribution in [-0.2, 0) is 9.53 Å². The summed E-state index contributed by atoms with van der Waals surface area (Å²) in [6.45, 7) is 3.54. The van der Waals surface area contributed by atoms with E-state index >= 15 is 0 Å². The average Bonchev–Trinajstić information content (AvgIpc) is 2.38. The molecule has 98 valence electrons. The molecule has 0 unspecified atom stereocenters. The molecule has 2 rings (SSSR count). The molecule has 0 bridgehead atoms. The van der Waals surface area contributed by atoms with Gasteiger partial charge in [-0.1, -0.05) is 34.1 Å². The largest absolute Gasteiger partial charge is 0.480 e. The van der Waals surface area contributed by atoms with Crippen molar-refractivity contribution in [2.24, 2.45) is 0 Å². The van der Waals surface area contributed by atoms with Crippen LogP contribution < -0.4 is 0 Å². The SMILES string of the molecule is C[C@@H](C(=O)O)N1CCO[C@@H](c2ccccc2Br)C1. The topological polar surface area (TPSA) is 49.8 Å². The first-order valence-corrected chi connectivity index (χ1v) is 6.72. The fourth-order valence-electron chi connectivity index (χ4n) is 2.10. The van der Waals surface area contributed by atoms with Crippen LogP contribution in [0.25, 0.3) is 0 Å². The zero-order valence-electron chi connectivity index (χ0n) is 10.2. The third-order valence-corrected chi connectivity index (χ3v) is 3.98. The van der Waals surface area contributed by atoms with E-state index in [4.69, 9.17) is 9.84 Å². The van der Waals surface area contributed by atoms with Crippen molar-refractivity contribution in [2.75, 3.05) is 19.7 Å². The number of hydrogen-bond donors (Lipinski definition) is 1. The third kappa shape index (κ3) is 2.91. The summed E-state index contributed by atoms with van der Waals surface area (Å²) in [4.78, 5) is 13.0. The van der Waals surface area contributed by atoms with Gasteiger partial charge in [0.15, 0.2) is 0 Å². The molecule has 1 N–H and O–H groups in total. The number of carboxylic acid groups (broad SMARTS) is 1. The van der Waals surface area contributed by atoms with Gasteiger partial charge < -0.3 is 9.84 Å². The molecule has 1 saturated heterocycles. The monoisotopic (exact) mass is 313 g/mol. The van der Waals surface area contributed by atoms with E-state index in [9.17, 15) is 4.79 Å². The Bertz CT molecular complexity index is 438. The van der Waals surface area contributed by atoms with Crippen LogP contribution in [0.1, 0.15) is 18.6 Å². The summed E-state index contributed by atoms with van der Waals surface area (Å²) in [6, 6.07) is 7.41. The Labute approximate surface area is 115 Å².